The fourth-order valence-electron chi connectivity index (χ4n) is 6.32. The molecule has 4 nitrogen and oxygen atoms in total. The monoisotopic (exact) mass is 724 g/mol. The number of aliphatic hydroxyl groups is 2. The van der Waals surface area contributed by atoms with E-state index in [4.69, 9.17) is 0 Å². The van der Waals surface area contributed by atoms with Crippen LogP contribution in [0.2, 0.25) is 0 Å². The maximum atomic E-state index is 12.4. The molecule has 0 heterocycles. The molecule has 300 valence electrons. The Morgan fingerprint density at radius 2 is 0.846 bits per heavy atom. The minimum atomic E-state index is -0.840. The van der Waals surface area contributed by atoms with Gasteiger partial charge in [-0.05, 0) is 64.2 Å². The number of carbonyl (C=O) groups is 1. The van der Waals surface area contributed by atoms with E-state index in [1.807, 2.05) is 6.08 Å². The minimum absolute atomic E-state index is 0.0698. The van der Waals surface area contributed by atoms with Crippen LogP contribution in [0.4, 0.5) is 0 Å². The molecule has 4 heteroatoms. The van der Waals surface area contributed by atoms with Crippen LogP contribution in [0.1, 0.15) is 206 Å². The molecule has 3 N–H and O–H groups in total. The fourth-order valence-corrected chi connectivity index (χ4v) is 6.32. The van der Waals surface area contributed by atoms with Crippen molar-refractivity contribution in [3.05, 3.63) is 72.9 Å². The number of hydrogen-bond donors (Lipinski definition) is 3. The van der Waals surface area contributed by atoms with Crippen molar-refractivity contribution in [1.82, 2.24) is 5.32 Å². The van der Waals surface area contributed by atoms with Gasteiger partial charge in [-0.2, -0.15) is 0 Å². The molecule has 0 aliphatic heterocycles. The second kappa shape index (κ2) is 43.2. The number of hydrogen-bond acceptors (Lipinski definition) is 3. The Morgan fingerprint density at radius 1 is 0.481 bits per heavy atom. The fraction of sp³-hybridized carbons (Fsp3) is 0.729. The quantitative estimate of drug-likeness (QED) is 0.0437. The maximum absolute atomic E-state index is 12.4. The normalized spacial score (nSPS) is 13.7. The van der Waals surface area contributed by atoms with Gasteiger partial charge in [-0.15, -0.1) is 0 Å². The molecule has 2 unspecified atom stereocenters. The van der Waals surface area contributed by atoms with E-state index in [0.29, 0.717) is 6.42 Å². The van der Waals surface area contributed by atoms with Crippen molar-refractivity contribution in [2.75, 3.05) is 6.61 Å². The summed E-state index contributed by atoms with van der Waals surface area (Å²) in [6, 6.07) is -0.624. The zero-order chi connectivity index (χ0) is 37.8. The van der Waals surface area contributed by atoms with E-state index in [-0.39, 0.29) is 12.5 Å². The molecule has 0 saturated carbocycles. The molecular weight excluding hydrogens is 639 g/mol. The average molecular weight is 724 g/mol. The number of unbranched alkanes of at least 4 members (excludes halogenated alkanes) is 22. The highest BCUT2D eigenvalue weighted by atomic mass is 16.3. The zero-order valence-electron chi connectivity index (χ0n) is 34.3. The van der Waals surface area contributed by atoms with E-state index < -0.39 is 12.1 Å². The molecule has 0 aliphatic carbocycles. The van der Waals surface area contributed by atoms with Gasteiger partial charge < -0.3 is 15.5 Å². The molecule has 0 aromatic carbocycles. The average Bonchev–Trinajstić information content (AvgIpc) is 3.15. The summed E-state index contributed by atoms with van der Waals surface area (Å²) >= 11 is 0. The van der Waals surface area contributed by atoms with Gasteiger partial charge in [-0.3, -0.25) is 4.79 Å². The van der Waals surface area contributed by atoms with Crippen molar-refractivity contribution in [3.8, 4) is 0 Å². The Balaban J connectivity index is 3.54. The molecule has 0 fully saturated rings. The third-order valence-corrected chi connectivity index (χ3v) is 9.70. The first-order valence-electron chi connectivity index (χ1n) is 22.2. The van der Waals surface area contributed by atoms with E-state index in [9.17, 15) is 15.0 Å². The molecule has 0 saturated heterocycles. The van der Waals surface area contributed by atoms with Crippen molar-refractivity contribution >= 4 is 5.91 Å². The van der Waals surface area contributed by atoms with Crippen molar-refractivity contribution in [2.45, 2.75) is 219 Å². The van der Waals surface area contributed by atoms with Gasteiger partial charge in [0.1, 0.15) is 0 Å². The van der Waals surface area contributed by atoms with Gasteiger partial charge in [0, 0.05) is 6.42 Å². The molecule has 0 aromatic heterocycles. The minimum Gasteiger partial charge on any atom is -0.394 e. The van der Waals surface area contributed by atoms with Crippen LogP contribution in [0.3, 0.4) is 0 Å². The Kier molecular flexibility index (Phi) is 41.4. The standard InChI is InChI=1S/C48H85NO3/c1-3-5-7-9-11-13-15-16-17-18-19-20-21-22-23-24-25-26-27-28-29-30-31-32-34-36-38-40-42-44-48(52)49-46(45-50)47(51)43-41-39-37-35-33-14-12-10-8-6-4-2/h5,7,11,13,16-17,19-20,22-23,41,43,46-47,50-51H,3-4,6,8-10,12,14-15,18,21,24-40,42,44-45H2,1-2H3,(H,49,52)/b7-5-,13-11-,17-16-,20-19-,23-22-,43-41+. The Labute approximate surface area is 323 Å². The van der Waals surface area contributed by atoms with Crippen molar-refractivity contribution < 1.29 is 15.0 Å². The molecule has 52 heavy (non-hydrogen) atoms. The zero-order valence-corrected chi connectivity index (χ0v) is 34.3. The van der Waals surface area contributed by atoms with E-state index >= 15 is 0 Å². The maximum Gasteiger partial charge on any atom is 0.220 e. The van der Waals surface area contributed by atoms with Crippen molar-refractivity contribution in [2.24, 2.45) is 0 Å². The van der Waals surface area contributed by atoms with Gasteiger partial charge in [0.25, 0.3) is 0 Å². The Hall–Kier alpha value is -2.17. The summed E-state index contributed by atoms with van der Waals surface area (Å²) in [6.07, 6.45) is 61.6. The molecule has 0 aliphatic rings. The third kappa shape index (κ3) is 39.0. The van der Waals surface area contributed by atoms with Crippen LogP contribution in [-0.4, -0.2) is 34.9 Å². The largest absolute Gasteiger partial charge is 0.394 e. The lowest BCUT2D eigenvalue weighted by Gasteiger charge is -2.20. The first-order chi connectivity index (χ1) is 25.7. The van der Waals surface area contributed by atoms with Gasteiger partial charge >= 0.3 is 0 Å². The number of amides is 1. The highest BCUT2D eigenvalue weighted by Crippen LogP contribution is 2.14. The summed E-state index contributed by atoms with van der Waals surface area (Å²) in [7, 11) is 0. The van der Waals surface area contributed by atoms with Crippen LogP contribution in [0.5, 0.6) is 0 Å². The number of rotatable bonds is 39. The Morgan fingerprint density at radius 3 is 1.27 bits per heavy atom. The lowest BCUT2D eigenvalue weighted by atomic mass is 10.0. The topological polar surface area (TPSA) is 69.6 Å². The first-order valence-corrected chi connectivity index (χ1v) is 22.2. The number of aliphatic hydroxyl groups excluding tert-OH is 2. The van der Waals surface area contributed by atoms with Gasteiger partial charge in [-0.1, -0.05) is 209 Å². The Bertz CT molecular complexity index is 915. The molecule has 0 aromatic rings. The second-order valence-corrected chi connectivity index (χ2v) is 14.7. The molecule has 0 radical (unpaired) electrons. The van der Waals surface area contributed by atoms with Gasteiger partial charge in [0.2, 0.25) is 5.91 Å². The van der Waals surface area contributed by atoms with Crippen molar-refractivity contribution in [3.63, 3.8) is 0 Å². The summed E-state index contributed by atoms with van der Waals surface area (Å²) in [4.78, 5) is 12.4. The summed E-state index contributed by atoms with van der Waals surface area (Å²) in [5.74, 6) is -0.0698. The second-order valence-electron chi connectivity index (χ2n) is 14.7. The van der Waals surface area contributed by atoms with Crippen LogP contribution in [0.15, 0.2) is 72.9 Å². The third-order valence-electron chi connectivity index (χ3n) is 9.70. The first kappa shape index (κ1) is 49.8. The van der Waals surface area contributed by atoms with Crippen LogP contribution >= 0.6 is 0 Å². The molecule has 0 spiro atoms. The summed E-state index contributed by atoms with van der Waals surface area (Å²) < 4.78 is 0. The van der Waals surface area contributed by atoms with Crippen LogP contribution < -0.4 is 5.32 Å². The summed E-state index contributed by atoms with van der Waals surface area (Å²) in [5, 5.41) is 22.9. The van der Waals surface area contributed by atoms with E-state index in [1.54, 1.807) is 6.08 Å². The lowest BCUT2D eigenvalue weighted by Crippen LogP contribution is -2.45. The number of nitrogens with one attached hydrogen (secondary N) is 1. The SMILES string of the molecule is CC/C=C\C/C=C\C/C=C\C/C=C\C/C=C\CCCCCCCCCCCCCCCC(=O)NC(CO)C(O)/C=C/CCCCCCCCCCC. The molecule has 0 rings (SSSR count). The summed E-state index contributed by atoms with van der Waals surface area (Å²) in [6.45, 7) is 4.17. The van der Waals surface area contributed by atoms with Crippen LogP contribution in [0.25, 0.3) is 0 Å². The highest BCUT2D eigenvalue weighted by molar-refractivity contribution is 5.76. The lowest BCUT2D eigenvalue weighted by molar-refractivity contribution is -0.123. The van der Waals surface area contributed by atoms with Crippen molar-refractivity contribution in [1.29, 1.82) is 0 Å². The smallest absolute Gasteiger partial charge is 0.220 e. The van der Waals surface area contributed by atoms with Gasteiger partial charge in [0.15, 0.2) is 0 Å². The van der Waals surface area contributed by atoms with Gasteiger partial charge in [-0.25, -0.2) is 0 Å². The predicted molar refractivity (Wildman–Crippen MR) is 230 cm³/mol. The number of allylic oxidation sites excluding steroid dienone is 11. The number of carbonyl (C=O) groups excluding carboxylic acids is 1. The van der Waals surface area contributed by atoms with E-state index in [0.717, 1.165) is 57.8 Å². The van der Waals surface area contributed by atoms with E-state index in [2.05, 4.69) is 79.9 Å². The van der Waals surface area contributed by atoms with Crippen LogP contribution in [0, 0.1) is 0 Å². The summed E-state index contributed by atoms with van der Waals surface area (Å²) in [5.41, 5.74) is 0. The van der Waals surface area contributed by atoms with Gasteiger partial charge in [0.05, 0.1) is 18.8 Å². The van der Waals surface area contributed by atoms with Crippen LogP contribution in [-0.2, 0) is 4.79 Å². The predicted octanol–water partition coefficient (Wildman–Crippen LogP) is 13.9. The van der Waals surface area contributed by atoms with E-state index in [1.165, 1.54) is 128 Å². The molecular formula is C48H85NO3. The molecule has 2 atom stereocenters. The highest BCUT2D eigenvalue weighted by Gasteiger charge is 2.17. The molecule has 0 bridgehead atoms. The molecule has 1 amide bonds.